The summed E-state index contributed by atoms with van der Waals surface area (Å²) in [6.07, 6.45) is 4.00. The molecule has 0 aliphatic carbocycles. The Kier molecular flexibility index (Phi) is 5.49. The molecule has 1 aliphatic heterocycles. The molecule has 1 unspecified atom stereocenters. The maximum Gasteiger partial charge on any atom is 0.251 e. The molecule has 0 aromatic heterocycles. The molecule has 0 aromatic carbocycles. The largest absolute Gasteiger partial charge is 0.368 e. The summed E-state index contributed by atoms with van der Waals surface area (Å²) in [7, 11) is 0. The Morgan fingerprint density at radius 2 is 2.25 bits per heavy atom. The van der Waals surface area contributed by atoms with Crippen LogP contribution >= 0.6 is 0 Å². The van der Waals surface area contributed by atoms with E-state index in [0.717, 1.165) is 32.4 Å². The van der Waals surface area contributed by atoms with Crippen molar-refractivity contribution in [1.82, 2.24) is 4.90 Å². The van der Waals surface area contributed by atoms with E-state index in [1.165, 1.54) is 0 Å². The molecule has 0 radical (unpaired) electrons. The molecule has 1 rings (SSSR count). The lowest BCUT2D eigenvalue weighted by atomic mass is 10.1. The number of rotatable bonds is 5. The van der Waals surface area contributed by atoms with Gasteiger partial charge in [-0.3, -0.25) is 4.79 Å². The van der Waals surface area contributed by atoms with Gasteiger partial charge in [0.25, 0.3) is 5.91 Å². The van der Waals surface area contributed by atoms with E-state index in [9.17, 15) is 4.79 Å². The van der Waals surface area contributed by atoms with Crippen molar-refractivity contribution in [3.05, 3.63) is 12.7 Å². The summed E-state index contributed by atoms with van der Waals surface area (Å²) < 4.78 is 5.43. The van der Waals surface area contributed by atoms with Crippen molar-refractivity contribution in [3.8, 4) is 0 Å². The molecule has 1 fully saturated rings. The molecule has 2 N–H and O–H groups in total. The summed E-state index contributed by atoms with van der Waals surface area (Å²) in [6.45, 7) is 7.49. The van der Waals surface area contributed by atoms with Crippen molar-refractivity contribution in [2.24, 2.45) is 5.73 Å². The van der Waals surface area contributed by atoms with Gasteiger partial charge in [-0.15, -0.1) is 6.58 Å². The van der Waals surface area contributed by atoms with Crippen molar-refractivity contribution in [2.45, 2.75) is 38.3 Å². The lowest BCUT2D eigenvalue weighted by Gasteiger charge is -2.31. The van der Waals surface area contributed by atoms with Gasteiger partial charge in [0.05, 0.1) is 6.61 Å². The van der Waals surface area contributed by atoms with Crippen LogP contribution in [0.5, 0.6) is 0 Å². The molecule has 0 bridgehead atoms. The number of ether oxygens (including phenoxy) is 1. The van der Waals surface area contributed by atoms with Crippen LogP contribution in [0.1, 0.15) is 26.2 Å². The molecule has 0 aromatic rings. The maximum absolute atomic E-state index is 11.9. The van der Waals surface area contributed by atoms with E-state index in [4.69, 9.17) is 10.5 Å². The second-order valence-corrected chi connectivity index (χ2v) is 4.25. The van der Waals surface area contributed by atoms with Gasteiger partial charge in [-0.05, 0) is 26.2 Å². The molecule has 0 spiro atoms. The molecule has 1 atom stereocenters. The Balaban J connectivity index is 2.29. The van der Waals surface area contributed by atoms with Gasteiger partial charge in [0, 0.05) is 19.1 Å². The van der Waals surface area contributed by atoms with E-state index in [1.54, 1.807) is 13.0 Å². The van der Waals surface area contributed by atoms with Crippen molar-refractivity contribution in [2.75, 3.05) is 19.7 Å². The number of hydrogen-bond donors (Lipinski definition) is 1. The summed E-state index contributed by atoms with van der Waals surface area (Å²) >= 11 is 0. The Hall–Kier alpha value is -0.870. The number of nitrogens with two attached hydrogens (primary N) is 1. The predicted octanol–water partition coefficient (Wildman–Crippen LogP) is 0.917. The first-order chi connectivity index (χ1) is 7.65. The number of carbonyl (C=O) groups is 1. The number of piperidine rings is 1. The molecule has 1 saturated heterocycles. The molecule has 4 heteroatoms. The maximum atomic E-state index is 11.9. The molecule has 16 heavy (non-hydrogen) atoms. The molecular formula is C12H22N2O2. The summed E-state index contributed by atoms with van der Waals surface area (Å²) in [5, 5.41) is 0. The number of carbonyl (C=O) groups excluding carboxylic acids is 1. The average Bonchev–Trinajstić information content (AvgIpc) is 2.29. The number of amides is 1. The third-order valence-electron chi connectivity index (χ3n) is 2.89. The Labute approximate surface area is 97.4 Å². The van der Waals surface area contributed by atoms with Crippen LogP contribution in [0.15, 0.2) is 12.7 Å². The first-order valence-electron chi connectivity index (χ1n) is 5.92. The minimum atomic E-state index is -0.353. The minimum absolute atomic E-state index is 0.0796. The molecule has 1 heterocycles. The zero-order valence-corrected chi connectivity index (χ0v) is 10.0. The average molecular weight is 226 g/mol. The summed E-state index contributed by atoms with van der Waals surface area (Å²) in [4.78, 5) is 13.8. The summed E-state index contributed by atoms with van der Waals surface area (Å²) in [5.41, 5.74) is 5.79. The van der Waals surface area contributed by atoms with Crippen molar-refractivity contribution < 1.29 is 9.53 Å². The van der Waals surface area contributed by atoms with Crippen LogP contribution in [-0.4, -0.2) is 42.6 Å². The summed E-state index contributed by atoms with van der Waals surface area (Å²) in [5.74, 6) is 0.0796. The minimum Gasteiger partial charge on any atom is -0.368 e. The van der Waals surface area contributed by atoms with E-state index < -0.39 is 0 Å². The lowest BCUT2D eigenvalue weighted by molar-refractivity contribution is -0.143. The van der Waals surface area contributed by atoms with E-state index in [1.807, 2.05) is 4.90 Å². The SMILES string of the molecule is C=CCCOC(C)C(=O)N1CCC(N)CC1. The predicted molar refractivity (Wildman–Crippen MR) is 64.0 cm³/mol. The number of hydrogen-bond acceptors (Lipinski definition) is 3. The first-order valence-corrected chi connectivity index (χ1v) is 5.92. The second-order valence-electron chi connectivity index (χ2n) is 4.25. The highest BCUT2D eigenvalue weighted by molar-refractivity contribution is 5.80. The van der Waals surface area contributed by atoms with Gasteiger partial charge in [0.2, 0.25) is 0 Å². The molecule has 1 amide bonds. The normalized spacial score (nSPS) is 19.5. The van der Waals surface area contributed by atoms with Crippen LogP contribution in [0, 0.1) is 0 Å². The number of nitrogens with zero attached hydrogens (tertiary/aromatic N) is 1. The molecular weight excluding hydrogens is 204 g/mol. The highest BCUT2D eigenvalue weighted by atomic mass is 16.5. The van der Waals surface area contributed by atoms with E-state index in [-0.39, 0.29) is 18.1 Å². The van der Waals surface area contributed by atoms with E-state index in [0.29, 0.717) is 6.61 Å². The zero-order valence-electron chi connectivity index (χ0n) is 10.0. The Morgan fingerprint density at radius 1 is 1.62 bits per heavy atom. The smallest absolute Gasteiger partial charge is 0.251 e. The van der Waals surface area contributed by atoms with Gasteiger partial charge in [0.15, 0.2) is 0 Å². The topological polar surface area (TPSA) is 55.6 Å². The molecule has 4 nitrogen and oxygen atoms in total. The fourth-order valence-corrected chi connectivity index (χ4v) is 1.78. The highest BCUT2D eigenvalue weighted by Gasteiger charge is 2.24. The third kappa shape index (κ3) is 3.94. The van der Waals surface area contributed by atoms with Gasteiger partial charge in [-0.1, -0.05) is 6.08 Å². The third-order valence-corrected chi connectivity index (χ3v) is 2.89. The number of likely N-dealkylation sites (tertiary alicyclic amines) is 1. The van der Waals surface area contributed by atoms with Crippen LogP contribution in [0.25, 0.3) is 0 Å². The van der Waals surface area contributed by atoms with E-state index in [2.05, 4.69) is 6.58 Å². The van der Waals surface area contributed by atoms with Crippen molar-refractivity contribution in [3.63, 3.8) is 0 Å². The van der Waals surface area contributed by atoms with Crippen LogP contribution in [0.3, 0.4) is 0 Å². The van der Waals surface area contributed by atoms with Gasteiger partial charge in [-0.2, -0.15) is 0 Å². The zero-order chi connectivity index (χ0) is 12.0. The molecule has 0 saturated carbocycles. The quantitative estimate of drug-likeness (QED) is 0.560. The fraction of sp³-hybridized carbons (Fsp3) is 0.750. The summed E-state index contributed by atoms with van der Waals surface area (Å²) in [6, 6.07) is 0.251. The van der Waals surface area contributed by atoms with Crippen molar-refractivity contribution >= 4 is 5.91 Å². The fourth-order valence-electron chi connectivity index (χ4n) is 1.78. The molecule has 92 valence electrons. The van der Waals surface area contributed by atoms with Crippen LogP contribution < -0.4 is 5.73 Å². The van der Waals surface area contributed by atoms with Gasteiger partial charge < -0.3 is 15.4 Å². The second kappa shape index (κ2) is 6.66. The standard InChI is InChI=1S/C12H22N2O2/c1-3-4-9-16-10(2)12(15)14-7-5-11(13)6-8-14/h3,10-11H,1,4-9,13H2,2H3. The van der Waals surface area contributed by atoms with Gasteiger partial charge in [-0.25, -0.2) is 0 Å². The lowest BCUT2D eigenvalue weighted by Crippen LogP contribution is -2.46. The van der Waals surface area contributed by atoms with Crippen LogP contribution in [-0.2, 0) is 9.53 Å². The van der Waals surface area contributed by atoms with Crippen molar-refractivity contribution in [1.29, 1.82) is 0 Å². The Bertz CT molecular complexity index is 235. The van der Waals surface area contributed by atoms with Gasteiger partial charge >= 0.3 is 0 Å². The molecule has 1 aliphatic rings. The van der Waals surface area contributed by atoms with E-state index >= 15 is 0 Å². The van der Waals surface area contributed by atoms with Crippen LogP contribution in [0.2, 0.25) is 0 Å². The van der Waals surface area contributed by atoms with Gasteiger partial charge in [0.1, 0.15) is 6.10 Å². The Morgan fingerprint density at radius 3 is 2.81 bits per heavy atom. The first kappa shape index (κ1) is 13.2. The monoisotopic (exact) mass is 226 g/mol. The van der Waals surface area contributed by atoms with Crippen LogP contribution in [0.4, 0.5) is 0 Å². The highest BCUT2D eigenvalue weighted by Crippen LogP contribution is 2.10.